The normalized spacial score (nSPS) is 18.7. The van der Waals surface area contributed by atoms with Crippen molar-refractivity contribution in [3.63, 3.8) is 0 Å². The number of amides is 1. The molecular weight excluding hydrogens is 246 g/mol. The Morgan fingerprint density at radius 2 is 1.89 bits per heavy atom. The molecule has 1 aliphatic heterocycles. The minimum atomic E-state index is -0.547. The second-order valence-electron chi connectivity index (χ2n) is 6.09. The number of nitrogens with one attached hydrogen (secondary N) is 1. The van der Waals surface area contributed by atoms with Gasteiger partial charge >= 0.3 is 6.09 Å². The van der Waals surface area contributed by atoms with Crippen LogP contribution < -0.4 is 5.32 Å². The van der Waals surface area contributed by atoms with Crippen LogP contribution in [-0.2, 0) is 14.3 Å². The molecule has 1 heterocycles. The van der Waals surface area contributed by atoms with Gasteiger partial charge in [0.2, 0.25) is 0 Å². The van der Waals surface area contributed by atoms with Crippen LogP contribution in [0.1, 0.15) is 40.0 Å². The van der Waals surface area contributed by atoms with E-state index in [0.717, 1.165) is 26.1 Å². The molecule has 5 heteroatoms. The van der Waals surface area contributed by atoms with E-state index < -0.39 is 17.6 Å². The lowest BCUT2D eigenvalue weighted by molar-refractivity contribution is -0.129. The number of carbonyl (C=O) groups is 2. The van der Waals surface area contributed by atoms with Gasteiger partial charge < -0.3 is 14.8 Å². The molecule has 1 aliphatic rings. The number of ketones is 1. The standard InChI is InChI=1S/C14H25NO4/c1-14(2,3)12(16)11(15-13(17)18-4)9-10-5-7-19-8-6-10/h10-11H,5-9H2,1-4H3,(H,15,17). The van der Waals surface area contributed by atoms with Gasteiger partial charge in [-0.3, -0.25) is 4.79 Å². The molecule has 0 saturated carbocycles. The Hall–Kier alpha value is -1.10. The summed E-state index contributed by atoms with van der Waals surface area (Å²) in [5, 5.41) is 2.67. The maximum absolute atomic E-state index is 12.4. The lowest BCUT2D eigenvalue weighted by Crippen LogP contribution is -2.47. The second kappa shape index (κ2) is 6.89. The Labute approximate surface area is 115 Å². The van der Waals surface area contributed by atoms with Crippen molar-refractivity contribution in [2.45, 2.75) is 46.1 Å². The molecular formula is C14H25NO4. The van der Waals surface area contributed by atoms with E-state index in [0.29, 0.717) is 12.3 Å². The fourth-order valence-corrected chi connectivity index (χ4v) is 2.27. The number of Topliss-reactive ketones (excluding diaryl/α,β-unsaturated/α-hetero) is 1. The Bertz CT molecular complexity index is 316. The van der Waals surface area contributed by atoms with Crippen molar-refractivity contribution in [1.29, 1.82) is 0 Å². The predicted molar refractivity (Wildman–Crippen MR) is 72.0 cm³/mol. The summed E-state index contributed by atoms with van der Waals surface area (Å²) in [6.45, 7) is 7.07. The van der Waals surface area contributed by atoms with E-state index >= 15 is 0 Å². The van der Waals surface area contributed by atoms with E-state index in [9.17, 15) is 9.59 Å². The van der Waals surface area contributed by atoms with Crippen molar-refractivity contribution < 1.29 is 19.1 Å². The van der Waals surface area contributed by atoms with Crippen molar-refractivity contribution in [3.8, 4) is 0 Å². The molecule has 0 spiro atoms. The number of methoxy groups -OCH3 is 1. The Balaban J connectivity index is 2.67. The van der Waals surface area contributed by atoms with E-state index in [2.05, 4.69) is 10.1 Å². The molecule has 0 aromatic rings. The van der Waals surface area contributed by atoms with Crippen LogP contribution in [0.15, 0.2) is 0 Å². The van der Waals surface area contributed by atoms with Crippen LogP contribution in [-0.4, -0.2) is 38.2 Å². The van der Waals surface area contributed by atoms with E-state index in [1.165, 1.54) is 7.11 Å². The first-order valence-corrected chi connectivity index (χ1v) is 6.81. The monoisotopic (exact) mass is 271 g/mol. The molecule has 0 radical (unpaired) electrons. The van der Waals surface area contributed by atoms with Gasteiger partial charge in [0.05, 0.1) is 13.2 Å². The summed E-state index contributed by atoms with van der Waals surface area (Å²) in [5.41, 5.74) is -0.475. The maximum Gasteiger partial charge on any atom is 0.407 e. The lowest BCUT2D eigenvalue weighted by Gasteiger charge is -2.29. The third kappa shape index (κ3) is 5.19. The second-order valence-corrected chi connectivity index (χ2v) is 6.09. The average molecular weight is 271 g/mol. The minimum Gasteiger partial charge on any atom is -0.453 e. The smallest absolute Gasteiger partial charge is 0.407 e. The first-order chi connectivity index (χ1) is 8.84. The number of hydrogen-bond acceptors (Lipinski definition) is 4. The molecule has 0 bridgehead atoms. The zero-order valence-corrected chi connectivity index (χ0v) is 12.3. The number of ether oxygens (including phenoxy) is 2. The first kappa shape index (κ1) is 16.0. The van der Waals surface area contributed by atoms with Crippen LogP contribution >= 0.6 is 0 Å². The van der Waals surface area contributed by atoms with Gasteiger partial charge in [-0.2, -0.15) is 0 Å². The number of rotatable bonds is 4. The molecule has 0 aromatic heterocycles. The Morgan fingerprint density at radius 1 is 1.32 bits per heavy atom. The van der Waals surface area contributed by atoms with Crippen LogP contribution in [0.4, 0.5) is 4.79 Å². The van der Waals surface area contributed by atoms with E-state index in [1.807, 2.05) is 20.8 Å². The highest BCUT2D eigenvalue weighted by molar-refractivity contribution is 5.91. The van der Waals surface area contributed by atoms with Gasteiger partial charge in [0.25, 0.3) is 0 Å². The third-order valence-electron chi connectivity index (χ3n) is 3.44. The van der Waals surface area contributed by atoms with Crippen molar-refractivity contribution in [1.82, 2.24) is 5.32 Å². The van der Waals surface area contributed by atoms with Gasteiger partial charge in [-0.25, -0.2) is 4.79 Å². The maximum atomic E-state index is 12.4. The van der Waals surface area contributed by atoms with Gasteiger partial charge in [-0.05, 0) is 25.2 Å². The molecule has 1 rings (SSSR count). The first-order valence-electron chi connectivity index (χ1n) is 6.81. The molecule has 1 unspecified atom stereocenters. The van der Waals surface area contributed by atoms with Crippen LogP contribution in [0.5, 0.6) is 0 Å². The quantitative estimate of drug-likeness (QED) is 0.851. The van der Waals surface area contributed by atoms with Gasteiger partial charge in [0.1, 0.15) is 0 Å². The van der Waals surface area contributed by atoms with Crippen molar-refractivity contribution in [3.05, 3.63) is 0 Å². The van der Waals surface area contributed by atoms with Gasteiger partial charge in [-0.1, -0.05) is 20.8 Å². The average Bonchev–Trinajstić information content (AvgIpc) is 2.37. The number of alkyl carbamates (subject to hydrolysis) is 1. The molecule has 1 N–H and O–H groups in total. The van der Waals surface area contributed by atoms with Gasteiger partial charge in [-0.15, -0.1) is 0 Å². The topological polar surface area (TPSA) is 64.6 Å². The van der Waals surface area contributed by atoms with Crippen LogP contribution in [0.3, 0.4) is 0 Å². The summed E-state index contributed by atoms with van der Waals surface area (Å²) < 4.78 is 9.92. The summed E-state index contributed by atoms with van der Waals surface area (Å²) >= 11 is 0. The summed E-state index contributed by atoms with van der Waals surface area (Å²) in [4.78, 5) is 23.8. The van der Waals surface area contributed by atoms with Gasteiger partial charge in [0.15, 0.2) is 5.78 Å². The van der Waals surface area contributed by atoms with Crippen molar-refractivity contribution in [2.24, 2.45) is 11.3 Å². The summed E-state index contributed by atoms with van der Waals surface area (Å²) in [6, 6.07) is -0.476. The highest BCUT2D eigenvalue weighted by atomic mass is 16.5. The summed E-state index contributed by atoms with van der Waals surface area (Å²) in [5.74, 6) is 0.464. The van der Waals surface area contributed by atoms with Gasteiger partial charge in [0, 0.05) is 18.6 Å². The molecule has 1 atom stereocenters. The van der Waals surface area contributed by atoms with E-state index in [4.69, 9.17) is 4.74 Å². The molecule has 1 fully saturated rings. The molecule has 19 heavy (non-hydrogen) atoms. The highest BCUT2D eigenvalue weighted by Gasteiger charge is 2.33. The minimum absolute atomic E-state index is 0.0457. The fourth-order valence-electron chi connectivity index (χ4n) is 2.27. The molecule has 0 aliphatic carbocycles. The highest BCUT2D eigenvalue weighted by Crippen LogP contribution is 2.25. The summed E-state index contributed by atoms with van der Waals surface area (Å²) in [6.07, 6.45) is 2.00. The lowest BCUT2D eigenvalue weighted by atomic mass is 9.81. The zero-order chi connectivity index (χ0) is 14.5. The molecule has 5 nitrogen and oxygen atoms in total. The third-order valence-corrected chi connectivity index (χ3v) is 3.44. The molecule has 110 valence electrons. The SMILES string of the molecule is COC(=O)NC(CC1CCOCC1)C(=O)C(C)(C)C. The van der Waals surface area contributed by atoms with E-state index in [-0.39, 0.29) is 5.78 Å². The van der Waals surface area contributed by atoms with E-state index in [1.54, 1.807) is 0 Å². The van der Waals surface area contributed by atoms with Crippen molar-refractivity contribution >= 4 is 11.9 Å². The van der Waals surface area contributed by atoms with Crippen LogP contribution in [0.2, 0.25) is 0 Å². The van der Waals surface area contributed by atoms with Crippen LogP contribution in [0.25, 0.3) is 0 Å². The summed E-state index contributed by atoms with van der Waals surface area (Å²) in [7, 11) is 1.31. The number of hydrogen-bond donors (Lipinski definition) is 1. The molecule has 0 aromatic carbocycles. The Kier molecular flexibility index (Phi) is 5.79. The van der Waals surface area contributed by atoms with Crippen molar-refractivity contribution in [2.75, 3.05) is 20.3 Å². The molecule has 1 saturated heterocycles. The largest absolute Gasteiger partial charge is 0.453 e. The predicted octanol–water partition coefficient (Wildman–Crippen LogP) is 2.14. The van der Waals surface area contributed by atoms with Crippen LogP contribution in [0, 0.1) is 11.3 Å². The number of carbonyl (C=O) groups excluding carboxylic acids is 2. The Morgan fingerprint density at radius 3 is 2.37 bits per heavy atom. The fraction of sp³-hybridized carbons (Fsp3) is 0.857. The molecule has 1 amide bonds. The zero-order valence-electron chi connectivity index (χ0n) is 12.3.